The maximum Gasteiger partial charge on any atom is 0.290 e. The highest BCUT2D eigenvalue weighted by molar-refractivity contribution is 6.02. The zero-order valence-corrected chi connectivity index (χ0v) is 16.0. The number of pyridine rings is 1. The van der Waals surface area contributed by atoms with Crippen LogP contribution in [0.15, 0.2) is 36.4 Å². The summed E-state index contributed by atoms with van der Waals surface area (Å²) in [6.07, 6.45) is 11.2. The van der Waals surface area contributed by atoms with Crippen LogP contribution in [0, 0.1) is 17.8 Å². The van der Waals surface area contributed by atoms with E-state index in [1.165, 1.54) is 25.7 Å². The number of amides is 1. The van der Waals surface area contributed by atoms with Crippen LogP contribution in [-0.2, 0) is 14.3 Å². The lowest BCUT2D eigenvalue weighted by molar-refractivity contribution is -0.174. The van der Waals surface area contributed by atoms with E-state index in [2.05, 4.69) is 10.3 Å². The Balaban J connectivity index is 1.82. The second-order valence-corrected chi connectivity index (χ2v) is 7.32. The van der Waals surface area contributed by atoms with E-state index in [0.717, 1.165) is 6.42 Å². The zero-order valence-electron chi connectivity index (χ0n) is 16.0. The third kappa shape index (κ3) is 5.08. The van der Waals surface area contributed by atoms with Gasteiger partial charge in [-0.3, -0.25) is 9.78 Å². The quantitative estimate of drug-likeness (QED) is 0.728. The molecule has 0 unspecified atom stereocenters. The highest BCUT2D eigenvalue weighted by atomic mass is 16.7. The molecule has 2 N–H and O–H groups in total. The van der Waals surface area contributed by atoms with Gasteiger partial charge in [0.05, 0.1) is 11.9 Å². The van der Waals surface area contributed by atoms with Crippen molar-refractivity contribution in [1.82, 2.24) is 4.98 Å². The molecule has 27 heavy (non-hydrogen) atoms. The number of rotatable bonds is 8. The normalized spacial score (nSPS) is 25.7. The Morgan fingerprint density at radius 3 is 2.89 bits per heavy atom. The molecule has 0 radical (unpaired) electrons. The van der Waals surface area contributed by atoms with Gasteiger partial charge in [-0.05, 0) is 62.7 Å². The molecule has 1 fully saturated rings. The van der Waals surface area contributed by atoms with E-state index < -0.39 is 6.29 Å². The van der Waals surface area contributed by atoms with Crippen LogP contribution in [0.1, 0.15) is 45.4 Å². The van der Waals surface area contributed by atoms with E-state index in [4.69, 9.17) is 9.47 Å². The van der Waals surface area contributed by atoms with Gasteiger partial charge in [0, 0.05) is 25.3 Å². The van der Waals surface area contributed by atoms with E-state index >= 15 is 0 Å². The molecule has 0 saturated heterocycles. The largest absolute Gasteiger partial charge is 0.459 e. The van der Waals surface area contributed by atoms with Crippen LogP contribution in [-0.4, -0.2) is 35.5 Å². The van der Waals surface area contributed by atoms with Crippen LogP contribution >= 0.6 is 0 Å². The molecule has 1 aromatic heterocycles. The van der Waals surface area contributed by atoms with E-state index in [1.807, 2.05) is 13.0 Å². The number of hydrogen-bond acceptors (Lipinski definition) is 5. The first-order chi connectivity index (χ1) is 13.2. The number of allylic oxidation sites excluding steroid dienone is 1. The Kier molecular flexibility index (Phi) is 7.24. The zero-order chi connectivity index (χ0) is 19.1. The molecular formula is C21H30N2O4. The lowest BCUT2D eigenvalue weighted by atomic mass is 9.76. The van der Waals surface area contributed by atoms with E-state index in [0.29, 0.717) is 30.4 Å². The number of aromatic nitrogens is 1. The molecule has 1 aliphatic carbocycles. The summed E-state index contributed by atoms with van der Waals surface area (Å²) in [5.74, 6) is 1.00. The van der Waals surface area contributed by atoms with Crippen LogP contribution in [0.25, 0.3) is 0 Å². The van der Waals surface area contributed by atoms with Crippen molar-refractivity contribution in [2.24, 2.45) is 17.8 Å². The molecule has 0 aromatic carbocycles. The molecule has 1 saturated carbocycles. The van der Waals surface area contributed by atoms with Gasteiger partial charge in [-0.2, -0.15) is 0 Å². The van der Waals surface area contributed by atoms with E-state index in [1.54, 1.807) is 24.5 Å². The first-order valence-corrected chi connectivity index (χ1v) is 10.0. The summed E-state index contributed by atoms with van der Waals surface area (Å²) in [6, 6.07) is 3.58. The number of nitrogens with one attached hydrogen (secondary N) is 1. The van der Waals surface area contributed by atoms with Crippen molar-refractivity contribution in [3.05, 3.63) is 36.4 Å². The van der Waals surface area contributed by atoms with Gasteiger partial charge in [-0.1, -0.05) is 12.8 Å². The maximum atomic E-state index is 12.8. The number of carbonyl (C=O) groups is 1. The number of aliphatic hydroxyl groups excluding tert-OH is 1. The molecule has 2 heterocycles. The Morgan fingerprint density at radius 1 is 1.41 bits per heavy atom. The van der Waals surface area contributed by atoms with Crippen LogP contribution in [0.3, 0.4) is 0 Å². The van der Waals surface area contributed by atoms with Gasteiger partial charge in [0.25, 0.3) is 5.91 Å². The fourth-order valence-electron chi connectivity index (χ4n) is 4.30. The van der Waals surface area contributed by atoms with E-state index in [-0.39, 0.29) is 24.3 Å². The molecule has 0 spiro atoms. The molecule has 1 aromatic rings. The predicted octanol–water partition coefficient (Wildman–Crippen LogP) is 3.49. The minimum atomic E-state index is -0.452. The predicted molar refractivity (Wildman–Crippen MR) is 103 cm³/mol. The summed E-state index contributed by atoms with van der Waals surface area (Å²) in [6.45, 7) is 2.62. The highest BCUT2D eigenvalue weighted by Crippen LogP contribution is 2.43. The van der Waals surface area contributed by atoms with Gasteiger partial charge in [0.1, 0.15) is 0 Å². The second-order valence-electron chi connectivity index (χ2n) is 7.32. The van der Waals surface area contributed by atoms with Crippen LogP contribution < -0.4 is 5.32 Å². The number of hydrogen-bond donors (Lipinski definition) is 2. The molecule has 148 valence electrons. The molecule has 1 amide bonds. The molecule has 1 aliphatic heterocycles. The maximum absolute atomic E-state index is 12.8. The Morgan fingerprint density at radius 2 is 2.22 bits per heavy atom. The highest BCUT2D eigenvalue weighted by Gasteiger charge is 2.41. The van der Waals surface area contributed by atoms with Gasteiger partial charge in [0.15, 0.2) is 5.76 Å². The van der Waals surface area contributed by atoms with Gasteiger partial charge in [0.2, 0.25) is 6.29 Å². The summed E-state index contributed by atoms with van der Waals surface area (Å²) >= 11 is 0. The third-order valence-corrected chi connectivity index (χ3v) is 5.54. The van der Waals surface area contributed by atoms with Gasteiger partial charge >= 0.3 is 0 Å². The average molecular weight is 374 g/mol. The molecule has 3 rings (SSSR count). The number of nitrogens with zero attached hydrogens (tertiary/aromatic N) is 1. The van der Waals surface area contributed by atoms with Crippen molar-refractivity contribution in [2.75, 3.05) is 18.5 Å². The van der Waals surface area contributed by atoms with E-state index in [9.17, 15) is 9.90 Å². The van der Waals surface area contributed by atoms with Crippen molar-refractivity contribution < 1.29 is 19.4 Å². The van der Waals surface area contributed by atoms with Crippen molar-refractivity contribution in [1.29, 1.82) is 0 Å². The van der Waals surface area contributed by atoms with Crippen LogP contribution in [0.5, 0.6) is 0 Å². The molecule has 6 heteroatoms. The van der Waals surface area contributed by atoms with Crippen LogP contribution in [0.4, 0.5) is 5.69 Å². The lowest BCUT2D eigenvalue weighted by Gasteiger charge is -2.39. The Hall–Kier alpha value is -1.92. The van der Waals surface area contributed by atoms with Gasteiger partial charge < -0.3 is 19.9 Å². The molecule has 3 atom stereocenters. The fraction of sp³-hybridized carbons (Fsp3) is 0.619. The Bertz CT molecular complexity index is 628. The van der Waals surface area contributed by atoms with Crippen molar-refractivity contribution in [3.8, 4) is 0 Å². The molecule has 0 bridgehead atoms. The van der Waals surface area contributed by atoms with Crippen molar-refractivity contribution in [3.63, 3.8) is 0 Å². The summed E-state index contributed by atoms with van der Waals surface area (Å²) in [5, 5.41) is 12.2. The fourth-order valence-corrected chi connectivity index (χ4v) is 4.30. The number of ether oxygens (including phenoxy) is 2. The summed E-state index contributed by atoms with van der Waals surface area (Å²) in [7, 11) is 0. The average Bonchev–Trinajstić information content (AvgIpc) is 3.22. The van der Waals surface area contributed by atoms with Gasteiger partial charge in [-0.25, -0.2) is 0 Å². The van der Waals surface area contributed by atoms with Crippen LogP contribution in [0.2, 0.25) is 0 Å². The second kappa shape index (κ2) is 9.85. The topological polar surface area (TPSA) is 80.7 Å². The summed E-state index contributed by atoms with van der Waals surface area (Å²) in [4.78, 5) is 16.8. The van der Waals surface area contributed by atoms with Crippen molar-refractivity contribution >= 4 is 11.6 Å². The smallest absolute Gasteiger partial charge is 0.290 e. The lowest BCUT2D eigenvalue weighted by Crippen LogP contribution is -2.40. The molecule has 6 nitrogen and oxygen atoms in total. The monoisotopic (exact) mass is 374 g/mol. The summed E-state index contributed by atoms with van der Waals surface area (Å²) in [5.41, 5.74) is 0.639. The molecular weight excluding hydrogens is 344 g/mol. The first-order valence-electron chi connectivity index (χ1n) is 10.0. The first kappa shape index (κ1) is 19.8. The minimum Gasteiger partial charge on any atom is -0.459 e. The Labute approximate surface area is 161 Å². The minimum absolute atomic E-state index is 0.158. The molecule has 2 aliphatic rings. The van der Waals surface area contributed by atoms with Crippen molar-refractivity contribution in [2.45, 2.75) is 51.7 Å². The summed E-state index contributed by atoms with van der Waals surface area (Å²) < 4.78 is 11.9. The number of aliphatic hydroxyl groups is 1. The standard InChI is InChI=1S/C21H30N2O4/c1-2-26-21-17(10-6-12-24)18(15-7-3-4-8-15)13-19(27-21)20(25)23-16-9-5-11-22-14-16/h5,9,11,13-15,17-18,21,24H,2-4,6-8,10,12H2,1H3,(H,23,25)/t17-,18+,21+/m0/s1. The third-order valence-electron chi connectivity index (χ3n) is 5.54. The number of anilines is 1. The SMILES string of the molecule is CCO[C@@H]1OC(C(=O)Nc2cccnc2)=C[C@H](C2CCCC2)[C@@H]1CCCO. The number of carbonyl (C=O) groups excluding carboxylic acids is 1. The van der Waals surface area contributed by atoms with Gasteiger partial charge in [-0.15, -0.1) is 0 Å².